The Morgan fingerprint density at radius 3 is 2.30 bits per heavy atom. The molecule has 5 nitrogen and oxygen atoms in total. The molecule has 134 valence electrons. The van der Waals surface area contributed by atoms with E-state index in [1.165, 1.54) is 0 Å². The summed E-state index contributed by atoms with van der Waals surface area (Å²) in [6, 6.07) is 24.3. The second-order valence-corrected chi connectivity index (χ2v) is 6.79. The zero-order valence-corrected chi connectivity index (χ0v) is 16.3. The molecule has 27 heavy (non-hydrogen) atoms. The van der Waals surface area contributed by atoms with Crippen molar-refractivity contribution in [2.24, 2.45) is 0 Å². The van der Waals surface area contributed by atoms with Crippen LogP contribution < -0.4 is 15.0 Å². The molecule has 0 saturated carbocycles. The van der Waals surface area contributed by atoms with Crippen LogP contribution in [-0.4, -0.2) is 17.0 Å². The number of rotatable bonds is 4. The van der Waals surface area contributed by atoms with Crippen molar-refractivity contribution in [3.63, 3.8) is 0 Å². The predicted octanol–water partition coefficient (Wildman–Crippen LogP) is 5.37. The number of hydrogen-bond acceptors (Lipinski definition) is 5. The third-order valence-corrected chi connectivity index (χ3v) is 5.11. The largest absolute Gasteiger partial charge is 0.388 e. The van der Waals surface area contributed by atoms with Crippen LogP contribution in [0.1, 0.15) is 0 Å². The van der Waals surface area contributed by atoms with Crippen LogP contribution >= 0.6 is 16.1 Å². The average molecular weight is 420 g/mol. The first kappa shape index (κ1) is 17.3. The van der Waals surface area contributed by atoms with E-state index in [1.54, 1.807) is 0 Å². The van der Waals surface area contributed by atoms with Crippen LogP contribution in [0.3, 0.4) is 0 Å². The third-order valence-electron chi connectivity index (χ3n) is 4.37. The highest BCUT2D eigenvalue weighted by atomic mass is 79.9. The van der Waals surface area contributed by atoms with Crippen molar-refractivity contribution < 1.29 is 0 Å². The summed E-state index contributed by atoms with van der Waals surface area (Å²) in [5, 5.41) is 4.05. The lowest BCUT2D eigenvalue weighted by molar-refractivity contribution is 1.21. The maximum atomic E-state index is 5.95. The number of benzene rings is 3. The fourth-order valence-electron chi connectivity index (χ4n) is 2.97. The molecule has 0 fully saturated rings. The van der Waals surface area contributed by atoms with Gasteiger partial charge in [-0.3, -0.25) is 3.93 Å². The number of nitrogens with zero attached hydrogens (tertiary/aromatic N) is 3. The van der Waals surface area contributed by atoms with Gasteiger partial charge in [0, 0.05) is 18.1 Å². The molecular formula is C21H18BrN5. The topological polar surface area (TPSA) is 67.1 Å². The monoisotopic (exact) mass is 419 g/mol. The van der Waals surface area contributed by atoms with E-state index >= 15 is 0 Å². The van der Waals surface area contributed by atoms with E-state index < -0.39 is 0 Å². The quantitative estimate of drug-likeness (QED) is 0.435. The SMILES string of the molecule is CNc1ccc(-c2ccc3nc(N)nc(N(Br)c4ccccc4)c3c2)cc1. The molecule has 0 saturated heterocycles. The highest BCUT2D eigenvalue weighted by molar-refractivity contribution is 9.10. The van der Waals surface area contributed by atoms with Crippen molar-refractivity contribution in [2.45, 2.75) is 0 Å². The van der Waals surface area contributed by atoms with Gasteiger partial charge < -0.3 is 11.1 Å². The summed E-state index contributed by atoms with van der Waals surface area (Å²) in [7, 11) is 1.91. The van der Waals surface area contributed by atoms with Crippen molar-refractivity contribution in [3.8, 4) is 11.1 Å². The van der Waals surface area contributed by atoms with E-state index in [4.69, 9.17) is 5.73 Å². The minimum atomic E-state index is 0.240. The van der Waals surface area contributed by atoms with Gasteiger partial charge in [-0.2, -0.15) is 4.98 Å². The molecule has 0 radical (unpaired) electrons. The molecule has 1 aromatic heterocycles. The molecule has 0 atom stereocenters. The number of fused-ring (bicyclic) bond motifs is 1. The second kappa shape index (κ2) is 7.25. The van der Waals surface area contributed by atoms with Crippen LogP contribution in [-0.2, 0) is 0 Å². The first-order chi connectivity index (χ1) is 13.2. The maximum Gasteiger partial charge on any atom is 0.222 e. The number of aromatic nitrogens is 2. The lowest BCUT2D eigenvalue weighted by Crippen LogP contribution is -2.07. The number of para-hydroxylation sites is 1. The minimum absolute atomic E-state index is 0.240. The Kier molecular flexibility index (Phi) is 4.64. The molecule has 0 aliphatic heterocycles. The molecule has 0 unspecified atom stereocenters. The molecule has 0 bridgehead atoms. The smallest absolute Gasteiger partial charge is 0.222 e. The van der Waals surface area contributed by atoms with E-state index in [9.17, 15) is 0 Å². The Balaban J connectivity index is 1.85. The van der Waals surface area contributed by atoms with Gasteiger partial charge in [0.15, 0.2) is 5.82 Å². The van der Waals surface area contributed by atoms with Crippen molar-refractivity contribution in [3.05, 3.63) is 72.8 Å². The van der Waals surface area contributed by atoms with Crippen LogP contribution in [0.25, 0.3) is 22.0 Å². The van der Waals surface area contributed by atoms with E-state index in [2.05, 4.69) is 61.8 Å². The highest BCUT2D eigenvalue weighted by Gasteiger charge is 2.14. The van der Waals surface area contributed by atoms with Gasteiger partial charge in [0.25, 0.3) is 0 Å². The standard InChI is InChI=1S/C21H18BrN5/c1-24-16-10-7-14(8-11-16)15-9-12-19-18(13-15)20(26-21(23)25-19)27(22)17-5-3-2-4-6-17/h2-13,24H,1H3,(H2,23,25,26). The van der Waals surface area contributed by atoms with E-state index in [-0.39, 0.29) is 5.95 Å². The number of anilines is 4. The van der Waals surface area contributed by atoms with Gasteiger partial charge in [-0.1, -0.05) is 36.4 Å². The summed E-state index contributed by atoms with van der Waals surface area (Å²) in [6.07, 6.45) is 0. The summed E-state index contributed by atoms with van der Waals surface area (Å²) < 4.78 is 1.85. The molecular weight excluding hydrogens is 402 g/mol. The molecule has 0 aliphatic carbocycles. The van der Waals surface area contributed by atoms with E-state index in [0.29, 0.717) is 5.82 Å². The third kappa shape index (κ3) is 3.44. The number of nitrogens with one attached hydrogen (secondary N) is 1. The molecule has 4 aromatic rings. The fraction of sp³-hybridized carbons (Fsp3) is 0.0476. The number of halogens is 1. The van der Waals surface area contributed by atoms with Crippen LogP contribution in [0.15, 0.2) is 72.8 Å². The average Bonchev–Trinajstić information content (AvgIpc) is 2.73. The normalized spacial score (nSPS) is 10.7. The number of hydrogen-bond donors (Lipinski definition) is 2. The molecule has 0 amide bonds. The molecule has 1 heterocycles. The summed E-state index contributed by atoms with van der Waals surface area (Å²) >= 11 is 3.63. The Labute approximate surface area is 166 Å². The summed E-state index contributed by atoms with van der Waals surface area (Å²) in [5.41, 5.74) is 11.0. The van der Waals surface area contributed by atoms with Crippen LogP contribution in [0.4, 0.5) is 23.1 Å². The molecule has 0 spiro atoms. The van der Waals surface area contributed by atoms with Crippen molar-refractivity contribution in [2.75, 3.05) is 22.0 Å². The lowest BCUT2D eigenvalue weighted by atomic mass is 10.0. The van der Waals surface area contributed by atoms with Crippen molar-refractivity contribution in [1.82, 2.24) is 9.97 Å². The highest BCUT2D eigenvalue weighted by Crippen LogP contribution is 2.35. The zero-order valence-electron chi connectivity index (χ0n) is 14.7. The van der Waals surface area contributed by atoms with Crippen LogP contribution in [0, 0.1) is 0 Å². The van der Waals surface area contributed by atoms with E-state index in [0.717, 1.165) is 33.4 Å². The predicted molar refractivity (Wildman–Crippen MR) is 116 cm³/mol. The summed E-state index contributed by atoms with van der Waals surface area (Å²) in [6.45, 7) is 0. The molecule has 4 rings (SSSR count). The summed E-state index contributed by atoms with van der Waals surface area (Å²) in [4.78, 5) is 8.86. The van der Waals surface area contributed by atoms with E-state index in [1.807, 2.05) is 53.4 Å². The number of nitrogens with two attached hydrogens (primary N) is 1. The van der Waals surface area contributed by atoms with Gasteiger partial charge in [-0.15, -0.1) is 0 Å². The Morgan fingerprint density at radius 2 is 1.59 bits per heavy atom. The Bertz CT molecular complexity index is 1080. The van der Waals surface area contributed by atoms with Crippen molar-refractivity contribution >= 4 is 50.2 Å². The van der Waals surface area contributed by atoms with Gasteiger partial charge in [0.2, 0.25) is 5.95 Å². The molecule has 6 heteroatoms. The first-order valence-electron chi connectivity index (χ1n) is 8.52. The Morgan fingerprint density at radius 1 is 0.889 bits per heavy atom. The Hall–Kier alpha value is -3.12. The number of nitrogen functional groups attached to an aromatic ring is 1. The van der Waals surface area contributed by atoms with Gasteiger partial charge in [0.05, 0.1) is 27.4 Å². The van der Waals surface area contributed by atoms with Gasteiger partial charge in [0.1, 0.15) is 0 Å². The van der Waals surface area contributed by atoms with Gasteiger partial charge >= 0.3 is 0 Å². The molecule has 0 aliphatic rings. The maximum absolute atomic E-state index is 5.95. The molecule has 3 aromatic carbocycles. The van der Waals surface area contributed by atoms with Crippen LogP contribution in [0.5, 0.6) is 0 Å². The lowest BCUT2D eigenvalue weighted by Gasteiger charge is -2.18. The van der Waals surface area contributed by atoms with Crippen LogP contribution in [0.2, 0.25) is 0 Å². The van der Waals surface area contributed by atoms with Gasteiger partial charge in [-0.25, -0.2) is 4.98 Å². The zero-order chi connectivity index (χ0) is 18.8. The first-order valence-corrected chi connectivity index (χ1v) is 9.23. The minimum Gasteiger partial charge on any atom is -0.388 e. The molecule has 3 N–H and O–H groups in total. The summed E-state index contributed by atoms with van der Waals surface area (Å²) in [5.74, 6) is 0.946. The fourth-order valence-corrected chi connectivity index (χ4v) is 3.48. The van der Waals surface area contributed by atoms with Gasteiger partial charge in [-0.05, 0) is 47.5 Å². The van der Waals surface area contributed by atoms with Crippen molar-refractivity contribution in [1.29, 1.82) is 0 Å². The second-order valence-electron chi connectivity index (χ2n) is 6.08.